The molecule has 1 amide bonds. The lowest BCUT2D eigenvalue weighted by Gasteiger charge is -2.32. The van der Waals surface area contributed by atoms with Crippen LogP contribution in [0.3, 0.4) is 0 Å². The van der Waals surface area contributed by atoms with E-state index in [9.17, 15) is 9.18 Å². The van der Waals surface area contributed by atoms with Gasteiger partial charge in [-0.05, 0) is 49.2 Å². The van der Waals surface area contributed by atoms with Crippen LogP contribution in [0.25, 0.3) is 0 Å². The van der Waals surface area contributed by atoms with Crippen molar-refractivity contribution in [1.82, 2.24) is 9.47 Å². The number of nitrogens with zero attached hydrogens (tertiary/aromatic N) is 2. The lowest BCUT2D eigenvalue weighted by molar-refractivity contribution is 0.0624. The summed E-state index contributed by atoms with van der Waals surface area (Å²) in [7, 11) is 1.88. The van der Waals surface area contributed by atoms with E-state index in [0.717, 1.165) is 19.4 Å². The summed E-state index contributed by atoms with van der Waals surface area (Å²) in [5.74, 6) is 0.772. The van der Waals surface area contributed by atoms with Crippen molar-refractivity contribution in [1.29, 1.82) is 0 Å². The second kappa shape index (κ2) is 6.86. The Balaban J connectivity index is 1.57. The molecule has 0 aliphatic carbocycles. The van der Waals surface area contributed by atoms with E-state index in [4.69, 9.17) is 4.74 Å². The predicted molar refractivity (Wildman–Crippen MR) is 85.9 cm³/mol. The molecule has 2 heterocycles. The van der Waals surface area contributed by atoms with Crippen molar-refractivity contribution < 1.29 is 13.9 Å². The zero-order valence-electron chi connectivity index (χ0n) is 13.2. The van der Waals surface area contributed by atoms with E-state index in [2.05, 4.69) is 0 Å². The summed E-state index contributed by atoms with van der Waals surface area (Å²) in [4.78, 5) is 14.5. The number of aryl methyl sites for hydroxylation is 1. The molecule has 23 heavy (non-hydrogen) atoms. The molecular formula is C18H21FN2O2. The average Bonchev–Trinajstić information content (AvgIpc) is 3.00. The molecule has 4 nitrogen and oxygen atoms in total. The molecule has 0 N–H and O–H groups in total. The second-order valence-corrected chi connectivity index (χ2v) is 6.03. The van der Waals surface area contributed by atoms with Gasteiger partial charge in [0.25, 0.3) is 5.91 Å². The third-order valence-corrected chi connectivity index (χ3v) is 4.27. The van der Waals surface area contributed by atoms with E-state index in [1.807, 2.05) is 34.8 Å². The van der Waals surface area contributed by atoms with Gasteiger partial charge in [-0.25, -0.2) is 4.39 Å². The summed E-state index contributed by atoms with van der Waals surface area (Å²) in [5.41, 5.74) is 0.713. The number of carbonyl (C=O) groups is 1. The van der Waals surface area contributed by atoms with Crippen LogP contribution in [0, 0.1) is 11.7 Å². The lowest BCUT2D eigenvalue weighted by Crippen LogP contribution is -2.42. The fourth-order valence-electron chi connectivity index (χ4n) is 2.98. The molecule has 0 bridgehead atoms. The Morgan fingerprint density at radius 3 is 2.78 bits per heavy atom. The van der Waals surface area contributed by atoms with Crippen molar-refractivity contribution in [2.24, 2.45) is 13.0 Å². The number of halogens is 1. The number of hydrogen-bond donors (Lipinski definition) is 0. The van der Waals surface area contributed by atoms with Crippen molar-refractivity contribution in [3.63, 3.8) is 0 Å². The normalized spacial score (nSPS) is 18.0. The van der Waals surface area contributed by atoms with Gasteiger partial charge in [0.1, 0.15) is 17.3 Å². The van der Waals surface area contributed by atoms with Crippen molar-refractivity contribution in [3.8, 4) is 5.75 Å². The van der Waals surface area contributed by atoms with Gasteiger partial charge in [0.15, 0.2) is 0 Å². The quantitative estimate of drug-likeness (QED) is 0.869. The van der Waals surface area contributed by atoms with Crippen LogP contribution in [-0.2, 0) is 7.05 Å². The Labute approximate surface area is 135 Å². The highest BCUT2D eigenvalue weighted by atomic mass is 19.1. The summed E-state index contributed by atoms with van der Waals surface area (Å²) < 4.78 is 20.5. The third kappa shape index (κ3) is 3.73. The van der Waals surface area contributed by atoms with E-state index >= 15 is 0 Å². The molecule has 1 aromatic heterocycles. The molecule has 2 aromatic rings. The largest absolute Gasteiger partial charge is 0.493 e. The number of rotatable bonds is 4. The summed E-state index contributed by atoms with van der Waals surface area (Å²) in [6.07, 6.45) is 3.90. The number of benzene rings is 1. The number of ether oxygens (including phenoxy) is 1. The number of hydrogen-bond acceptors (Lipinski definition) is 2. The molecule has 1 saturated heterocycles. The van der Waals surface area contributed by atoms with Crippen LogP contribution in [0.5, 0.6) is 5.75 Å². The van der Waals surface area contributed by atoms with E-state index < -0.39 is 0 Å². The number of piperidine rings is 1. The first-order chi connectivity index (χ1) is 11.1. The molecular weight excluding hydrogens is 295 g/mol. The lowest BCUT2D eigenvalue weighted by atomic mass is 9.98. The van der Waals surface area contributed by atoms with Gasteiger partial charge >= 0.3 is 0 Å². The summed E-state index contributed by atoms with van der Waals surface area (Å²) in [6.45, 7) is 2.03. The monoisotopic (exact) mass is 316 g/mol. The third-order valence-electron chi connectivity index (χ3n) is 4.27. The van der Waals surface area contributed by atoms with Gasteiger partial charge in [-0.2, -0.15) is 0 Å². The fraction of sp³-hybridized carbons (Fsp3) is 0.389. The standard InChI is InChI=1S/C18H21FN2O2/c1-20-10-3-5-17(20)18(22)21-11-2-4-14(12-21)13-23-16-8-6-15(19)7-9-16/h3,5-10,14H,2,4,11-13H2,1H3/t14-/m1/s1. The van der Waals surface area contributed by atoms with Gasteiger partial charge in [-0.3, -0.25) is 4.79 Å². The van der Waals surface area contributed by atoms with Gasteiger partial charge in [0.2, 0.25) is 0 Å². The Morgan fingerprint density at radius 1 is 1.30 bits per heavy atom. The Hall–Kier alpha value is -2.30. The van der Waals surface area contributed by atoms with Crippen LogP contribution in [0.4, 0.5) is 4.39 Å². The molecule has 1 atom stereocenters. The summed E-state index contributed by atoms with van der Waals surface area (Å²) >= 11 is 0. The van der Waals surface area contributed by atoms with Crippen molar-refractivity contribution in [2.75, 3.05) is 19.7 Å². The fourth-order valence-corrected chi connectivity index (χ4v) is 2.98. The minimum atomic E-state index is -0.269. The molecule has 0 saturated carbocycles. The van der Waals surface area contributed by atoms with E-state index in [1.54, 1.807) is 12.1 Å². The smallest absolute Gasteiger partial charge is 0.270 e. The van der Waals surface area contributed by atoms with Gasteiger partial charge in [0.05, 0.1) is 6.61 Å². The molecule has 0 spiro atoms. The van der Waals surface area contributed by atoms with E-state index in [0.29, 0.717) is 30.5 Å². The maximum atomic E-state index is 12.9. The molecule has 1 aliphatic rings. The first kappa shape index (κ1) is 15.6. The van der Waals surface area contributed by atoms with Crippen molar-refractivity contribution in [3.05, 3.63) is 54.1 Å². The van der Waals surface area contributed by atoms with Crippen LogP contribution < -0.4 is 4.74 Å². The maximum Gasteiger partial charge on any atom is 0.270 e. The van der Waals surface area contributed by atoms with Crippen LogP contribution in [-0.4, -0.2) is 35.1 Å². The molecule has 0 radical (unpaired) electrons. The second-order valence-electron chi connectivity index (χ2n) is 6.03. The molecule has 122 valence electrons. The Morgan fingerprint density at radius 2 is 2.09 bits per heavy atom. The predicted octanol–water partition coefficient (Wildman–Crippen LogP) is 3.10. The van der Waals surface area contributed by atoms with Crippen molar-refractivity contribution in [2.45, 2.75) is 12.8 Å². The zero-order valence-corrected chi connectivity index (χ0v) is 13.2. The van der Waals surface area contributed by atoms with Crippen LogP contribution in [0.15, 0.2) is 42.6 Å². The minimum Gasteiger partial charge on any atom is -0.493 e. The van der Waals surface area contributed by atoms with Crippen molar-refractivity contribution >= 4 is 5.91 Å². The summed E-state index contributed by atoms with van der Waals surface area (Å²) in [5, 5.41) is 0. The Kier molecular flexibility index (Phi) is 4.65. The summed E-state index contributed by atoms with van der Waals surface area (Å²) in [6, 6.07) is 9.77. The number of aromatic nitrogens is 1. The van der Waals surface area contributed by atoms with Crippen LogP contribution in [0.1, 0.15) is 23.3 Å². The number of amides is 1. The highest BCUT2D eigenvalue weighted by Crippen LogP contribution is 2.20. The van der Waals surface area contributed by atoms with Gasteiger partial charge in [-0.1, -0.05) is 0 Å². The number of carbonyl (C=O) groups excluding carboxylic acids is 1. The van der Waals surface area contributed by atoms with Gasteiger partial charge in [-0.15, -0.1) is 0 Å². The van der Waals surface area contributed by atoms with E-state index in [1.165, 1.54) is 12.1 Å². The molecule has 0 unspecified atom stereocenters. The van der Waals surface area contributed by atoms with Gasteiger partial charge in [0, 0.05) is 32.3 Å². The van der Waals surface area contributed by atoms with Gasteiger partial charge < -0.3 is 14.2 Å². The highest BCUT2D eigenvalue weighted by molar-refractivity contribution is 5.92. The Bertz CT molecular complexity index is 666. The number of likely N-dealkylation sites (tertiary alicyclic amines) is 1. The van der Waals surface area contributed by atoms with Crippen LogP contribution >= 0.6 is 0 Å². The molecule has 1 aromatic carbocycles. The SMILES string of the molecule is Cn1cccc1C(=O)N1CCC[C@@H](COc2ccc(F)cc2)C1. The van der Waals surface area contributed by atoms with E-state index in [-0.39, 0.29) is 11.7 Å². The minimum absolute atomic E-state index is 0.0731. The van der Waals surface area contributed by atoms with Crippen LogP contribution in [0.2, 0.25) is 0 Å². The molecule has 1 aliphatic heterocycles. The molecule has 3 rings (SSSR count). The maximum absolute atomic E-state index is 12.9. The molecule has 1 fully saturated rings. The highest BCUT2D eigenvalue weighted by Gasteiger charge is 2.26. The zero-order chi connectivity index (χ0) is 16.2. The topological polar surface area (TPSA) is 34.5 Å². The first-order valence-corrected chi connectivity index (χ1v) is 7.92. The average molecular weight is 316 g/mol. The molecule has 5 heteroatoms. The first-order valence-electron chi connectivity index (χ1n) is 7.92.